The minimum Gasteiger partial charge on any atom is -0.444 e. The molecule has 6 heteroatoms. The van der Waals surface area contributed by atoms with E-state index in [9.17, 15) is 8.42 Å². The van der Waals surface area contributed by atoms with E-state index in [2.05, 4.69) is 10.3 Å². The summed E-state index contributed by atoms with van der Waals surface area (Å²) in [5.41, 5.74) is 1.75. The van der Waals surface area contributed by atoms with Crippen molar-refractivity contribution >= 4 is 15.5 Å². The molecule has 128 valence electrons. The number of sulfone groups is 1. The van der Waals surface area contributed by atoms with Gasteiger partial charge in [-0.25, -0.2) is 13.4 Å². The summed E-state index contributed by atoms with van der Waals surface area (Å²) in [4.78, 5) is 4.84. The highest BCUT2D eigenvalue weighted by Gasteiger charge is 2.28. The summed E-state index contributed by atoms with van der Waals surface area (Å²) < 4.78 is 29.9. The van der Waals surface area contributed by atoms with Crippen molar-refractivity contribution in [3.63, 3.8) is 0 Å². The van der Waals surface area contributed by atoms with Crippen LogP contribution in [0.2, 0.25) is 0 Å². The maximum Gasteiger partial charge on any atom is 0.213 e. The van der Waals surface area contributed by atoms with Crippen molar-refractivity contribution in [2.24, 2.45) is 0 Å². The predicted molar refractivity (Wildman–Crippen MR) is 91.9 cm³/mol. The Balaban J connectivity index is 1.47. The van der Waals surface area contributed by atoms with Crippen LogP contribution in [0.25, 0.3) is 0 Å². The minimum atomic E-state index is -3.10. The van der Waals surface area contributed by atoms with Crippen LogP contribution in [0.1, 0.15) is 55.2 Å². The van der Waals surface area contributed by atoms with Crippen molar-refractivity contribution in [1.29, 1.82) is 0 Å². The fraction of sp³-hybridized carbons (Fsp3) is 0.500. The average molecular weight is 346 g/mol. The molecule has 0 radical (unpaired) electrons. The number of hydrogen-bond donors (Lipinski definition) is 1. The summed E-state index contributed by atoms with van der Waals surface area (Å²) in [5.74, 6) is 2.36. The Morgan fingerprint density at radius 3 is 2.88 bits per heavy atom. The van der Waals surface area contributed by atoms with Crippen LogP contribution in [0.5, 0.6) is 0 Å². The number of aromatic nitrogens is 1. The predicted octanol–water partition coefficient (Wildman–Crippen LogP) is 3.66. The van der Waals surface area contributed by atoms with Gasteiger partial charge in [0.2, 0.25) is 5.89 Å². The normalized spacial score (nSPS) is 20.0. The van der Waals surface area contributed by atoms with Crippen LogP contribution in [0.15, 0.2) is 33.7 Å². The number of hydrogen-bond acceptors (Lipinski definition) is 5. The van der Waals surface area contributed by atoms with Gasteiger partial charge in [0.25, 0.3) is 0 Å². The number of fused-ring (bicyclic) bond motifs is 1. The van der Waals surface area contributed by atoms with Gasteiger partial charge in [-0.15, -0.1) is 0 Å². The summed E-state index contributed by atoms with van der Waals surface area (Å²) in [6.45, 7) is 0.475. The molecule has 0 unspecified atom stereocenters. The van der Waals surface area contributed by atoms with Crippen LogP contribution in [0.4, 0.5) is 5.69 Å². The lowest BCUT2D eigenvalue weighted by Crippen LogP contribution is -2.04. The highest BCUT2D eigenvalue weighted by Crippen LogP contribution is 2.34. The summed E-state index contributed by atoms with van der Waals surface area (Å²) in [5, 5.41) is 3.29. The lowest BCUT2D eigenvalue weighted by Gasteiger charge is -2.18. The van der Waals surface area contributed by atoms with Crippen LogP contribution < -0.4 is 5.32 Å². The molecule has 1 aromatic heterocycles. The summed E-state index contributed by atoms with van der Waals surface area (Å²) >= 11 is 0. The van der Waals surface area contributed by atoms with E-state index < -0.39 is 9.84 Å². The molecule has 2 aromatic rings. The fourth-order valence-corrected chi connectivity index (χ4v) is 5.35. The molecule has 0 bridgehead atoms. The van der Waals surface area contributed by atoms with Gasteiger partial charge in [-0.1, -0.05) is 25.3 Å². The van der Waals surface area contributed by atoms with Crippen LogP contribution in [-0.4, -0.2) is 19.2 Å². The van der Waals surface area contributed by atoms with E-state index in [-0.39, 0.29) is 5.75 Å². The van der Waals surface area contributed by atoms with Gasteiger partial charge in [0.1, 0.15) is 5.76 Å². The van der Waals surface area contributed by atoms with Gasteiger partial charge in [-0.2, -0.15) is 0 Å². The highest BCUT2D eigenvalue weighted by molar-refractivity contribution is 7.91. The van der Waals surface area contributed by atoms with E-state index in [0.29, 0.717) is 29.7 Å². The van der Waals surface area contributed by atoms with E-state index >= 15 is 0 Å². The molecular formula is C18H22N2O3S. The molecule has 2 heterocycles. The molecular weight excluding hydrogens is 324 g/mol. The molecule has 2 aliphatic rings. The molecule has 1 aromatic carbocycles. The van der Waals surface area contributed by atoms with E-state index in [0.717, 1.165) is 17.0 Å². The average Bonchev–Trinajstić information content (AvgIpc) is 3.19. The van der Waals surface area contributed by atoms with Gasteiger partial charge in [0, 0.05) is 11.6 Å². The molecule has 1 saturated carbocycles. The van der Waals surface area contributed by atoms with Crippen LogP contribution in [0.3, 0.4) is 0 Å². The number of rotatable bonds is 4. The lowest BCUT2D eigenvalue weighted by atomic mass is 9.88. The zero-order chi connectivity index (χ0) is 16.6. The second-order valence-electron chi connectivity index (χ2n) is 6.70. The van der Waals surface area contributed by atoms with E-state index in [1.54, 1.807) is 12.1 Å². The number of anilines is 1. The third-order valence-corrected chi connectivity index (χ3v) is 6.89. The second-order valence-corrected chi connectivity index (χ2v) is 8.77. The number of nitrogens with one attached hydrogen (secondary N) is 1. The first-order valence-corrected chi connectivity index (χ1v) is 10.3. The summed E-state index contributed by atoms with van der Waals surface area (Å²) in [7, 11) is -3.10. The Morgan fingerprint density at radius 2 is 2.04 bits per heavy atom. The lowest BCUT2D eigenvalue weighted by molar-refractivity contribution is 0.361. The van der Waals surface area contributed by atoms with E-state index in [4.69, 9.17) is 4.42 Å². The van der Waals surface area contributed by atoms with Gasteiger partial charge in [-0.05, 0) is 37.0 Å². The smallest absolute Gasteiger partial charge is 0.213 e. The monoisotopic (exact) mass is 346 g/mol. The van der Waals surface area contributed by atoms with Crippen molar-refractivity contribution in [1.82, 2.24) is 4.98 Å². The van der Waals surface area contributed by atoms with Gasteiger partial charge in [0.15, 0.2) is 9.84 Å². The van der Waals surface area contributed by atoms with Gasteiger partial charge in [0.05, 0.1) is 23.4 Å². The summed E-state index contributed by atoms with van der Waals surface area (Å²) in [6.07, 6.45) is 8.65. The largest absolute Gasteiger partial charge is 0.444 e. The third kappa shape index (κ3) is 2.95. The fourth-order valence-electron chi connectivity index (χ4n) is 3.78. The maximum absolute atomic E-state index is 12.0. The molecule has 1 N–H and O–H groups in total. The van der Waals surface area contributed by atoms with Crippen molar-refractivity contribution < 1.29 is 12.8 Å². The minimum absolute atomic E-state index is 0.200. The third-order valence-electron chi connectivity index (χ3n) is 5.10. The molecule has 0 saturated heterocycles. The number of oxazole rings is 1. The Bertz CT molecular complexity index is 836. The van der Waals surface area contributed by atoms with Crippen molar-refractivity contribution in [2.75, 3.05) is 11.1 Å². The number of benzene rings is 1. The highest BCUT2D eigenvalue weighted by atomic mass is 32.2. The standard InChI is InChI=1S/C18H22N2O3S/c21-24(22)10-9-14-15(7-4-8-17(14)24)19-12-18-20-11-16(23-18)13-5-2-1-3-6-13/h4,7-8,11,13,19H,1-3,5-6,9-10,12H2. The first-order valence-electron chi connectivity index (χ1n) is 8.66. The molecule has 4 rings (SSSR count). The quantitative estimate of drug-likeness (QED) is 0.914. The molecule has 0 atom stereocenters. The zero-order valence-electron chi connectivity index (χ0n) is 13.6. The van der Waals surface area contributed by atoms with E-state index in [1.807, 2.05) is 12.3 Å². The van der Waals surface area contributed by atoms with Crippen LogP contribution in [0, 0.1) is 0 Å². The molecule has 5 nitrogen and oxygen atoms in total. The molecule has 1 aliphatic heterocycles. The molecule has 1 aliphatic carbocycles. The SMILES string of the molecule is O=S1(=O)CCc2c(NCc3ncc(C4CCCCC4)o3)cccc21. The number of nitrogens with zero attached hydrogens (tertiary/aromatic N) is 1. The Morgan fingerprint density at radius 1 is 1.21 bits per heavy atom. The van der Waals surface area contributed by atoms with Crippen LogP contribution >= 0.6 is 0 Å². The van der Waals surface area contributed by atoms with Gasteiger partial charge >= 0.3 is 0 Å². The van der Waals surface area contributed by atoms with Crippen molar-refractivity contribution in [3.8, 4) is 0 Å². The zero-order valence-corrected chi connectivity index (χ0v) is 14.4. The molecule has 0 amide bonds. The molecule has 1 fully saturated rings. The Hall–Kier alpha value is -1.82. The second kappa shape index (κ2) is 6.24. The van der Waals surface area contributed by atoms with Gasteiger partial charge < -0.3 is 9.73 Å². The van der Waals surface area contributed by atoms with Gasteiger partial charge in [-0.3, -0.25) is 0 Å². The first kappa shape index (κ1) is 15.7. The summed E-state index contributed by atoms with van der Waals surface area (Å²) in [6, 6.07) is 5.40. The van der Waals surface area contributed by atoms with Crippen molar-refractivity contribution in [3.05, 3.63) is 41.6 Å². The Labute approximate surface area is 142 Å². The van der Waals surface area contributed by atoms with E-state index in [1.165, 1.54) is 32.1 Å². The van der Waals surface area contributed by atoms with Crippen molar-refractivity contribution in [2.45, 2.75) is 55.9 Å². The topological polar surface area (TPSA) is 72.2 Å². The first-order chi connectivity index (χ1) is 11.6. The van der Waals surface area contributed by atoms with Crippen LogP contribution in [-0.2, 0) is 22.8 Å². The molecule has 0 spiro atoms. The molecule has 24 heavy (non-hydrogen) atoms. The maximum atomic E-state index is 12.0. The Kier molecular flexibility index (Phi) is 4.08.